The maximum atomic E-state index is 6.41. The van der Waals surface area contributed by atoms with E-state index in [1.807, 2.05) is 13.1 Å². The van der Waals surface area contributed by atoms with Crippen LogP contribution in [0.4, 0.5) is 5.69 Å². The second-order valence-corrected chi connectivity index (χ2v) is 6.57. The van der Waals surface area contributed by atoms with Crippen LogP contribution >= 0.6 is 0 Å². The first-order chi connectivity index (χ1) is 11.4. The topological polar surface area (TPSA) is 25.4 Å². The van der Waals surface area contributed by atoms with Crippen LogP contribution in [0.25, 0.3) is 0 Å². The second-order valence-electron chi connectivity index (χ2n) is 6.57. The van der Waals surface area contributed by atoms with E-state index >= 15 is 0 Å². The molecule has 2 aromatic rings. The van der Waals surface area contributed by atoms with Gasteiger partial charge in [0.25, 0.3) is 0 Å². The first kappa shape index (κ1) is 18.3. The molecule has 0 aliphatic rings. The fraction of sp³-hybridized carbons (Fsp3) is 0.476. The van der Waals surface area contributed by atoms with Gasteiger partial charge in [0.2, 0.25) is 0 Å². The summed E-state index contributed by atoms with van der Waals surface area (Å²) in [6, 6.07) is 8.60. The van der Waals surface area contributed by atoms with Gasteiger partial charge in [0.05, 0.1) is 6.54 Å². The number of rotatable bonds is 7. The fourth-order valence-corrected chi connectivity index (χ4v) is 3.16. The lowest BCUT2D eigenvalue weighted by Crippen LogP contribution is -2.35. The van der Waals surface area contributed by atoms with Crippen molar-refractivity contribution in [3.8, 4) is 5.75 Å². The highest BCUT2D eigenvalue weighted by Gasteiger charge is 2.16. The molecule has 0 aliphatic carbocycles. The Morgan fingerprint density at radius 3 is 2.25 bits per heavy atom. The number of likely N-dealkylation sites (N-methyl/N-ethyl adjacent to an activating group) is 1. The SMILES string of the molecule is CCC(CN(CC)c1ccnc(C)c1)Oc1c(C)cc(C)cc1C. The third-order valence-corrected chi connectivity index (χ3v) is 4.40. The van der Waals surface area contributed by atoms with Crippen molar-refractivity contribution in [1.82, 2.24) is 4.98 Å². The van der Waals surface area contributed by atoms with Crippen molar-refractivity contribution in [2.24, 2.45) is 0 Å². The number of hydrogen-bond donors (Lipinski definition) is 0. The van der Waals surface area contributed by atoms with Gasteiger partial charge in [0.1, 0.15) is 11.9 Å². The number of aromatic nitrogens is 1. The van der Waals surface area contributed by atoms with Crippen molar-refractivity contribution < 1.29 is 4.74 Å². The largest absolute Gasteiger partial charge is 0.488 e. The van der Waals surface area contributed by atoms with Gasteiger partial charge >= 0.3 is 0 Å². The van der Waals surface area contributed by atoms with Gasteiger partial charge in [-0.05, 0) is 64.3 Å². The molecule has 0 aliphatic heterocycles. The molecule has 0 bridgehead atoms. The van der Waals surface area contributed by atoms with Crippen LogP contribution in [0.1, 0.15) is 42.7 Å². The van der Waals surface area contributed by atoms with Crippen molar-refractivity contribution in [2.45, 2.75) is 54.1 Å². The van der Waals surface area contributed by atoms with E-state index < -0.39 is 0 Å². The minimum absolute atomic E-state index is 0.165. The molecular weight excluding hydrogens is 296 g/mol. The first-order valence-corrected chi connectivity index (χ1v) is 8.86. The summed E-state index contributed by atoms with van der Waals surface area (Å²) in [4.78, 5) is 6.66. The standard InChI is InChI=1S/C21H30N2O/c1-7-20(24-21-16(4)11-15(3)12-17(21)5)14-23(8-2)19-9-10-22-18(6)13-19/h9-13,20H,7-8,14H2,1-6H3. The van der Waals surface area contributed by atoms with E-state index in [0.717, 1.165) is 31.0 Å². The predicted molar refractivity (Wildman–Crippen MR) is 102 cm³/mol. The molecule has 1 unspecified atom stereocenters. The molecule has 0 fully saturated rings. The molecule has 2 rings (SSSR count). The Kier molecular flexibility index (Phi) is 6.24. The lowest BCUT2D eigenvalue weighted by molar-refractivity contribution is 0.199. The number of hydrogen-bond acceptors (Lipinski definition) is 3. The molecule has 0 radical (unpaired) electrons. The van der Waals surface area contributed by atoms with E-state index in [2.05, 4.69) is 68.8 Å². The number of benzene rings is 1. The molecule has 0 saturated carbocycles. The number of nitrogens with zero attached hydrogens (tertiary/aromatic N) is 2. The normalized spacial score (nSPS) is 12.1. The predicted octanol–water partition coefficient (Wildman–Crippen LogP) is 5.00. The molecule has 130 valence electrons. The molecule has 0 amide bonds. The van der Waals surface area contributed by atoms with Crippen LogP contribution in [0.2, 0.25) is 0 Å². The fourth-order valence-electron chi connectivity index (χ4n) is 3.16. The second kappa shape index (κ2) is 8.18. The third-order valence-electron chi connectivity index (χ3n) is 4.40. The molecule has 3 nitrogen and oxygen atoms in total. The van der Waals surface area contributed by atoms with E-state index in [1.54, 1.807) is 0 Å². The van der Waals surface area contributed by atoms with Crippen LogP contribution in [0.5, 0.6) is 5.75 Å². The minimum Gasteiger partial charge on any atom is -0.488 e. The monoisotopic (exact) mass is 326 g/mol. The summed E-state index contributed by atoms with van der Waals surface area (Å²) in [5.74, 6) is 1.04. The van der Waals surface area contributed by atoms with Gasteiger partial charge in [-0.2, -0.15) is 0 Å². The number of pyridine rings is 1. The molecule has 3 heteroatoms. The van der Waals surface area contributed by atoms with E-state index in [1.165, 1.54) is 22.4 Å². The van der Waals surface area contributed by atoms with Gasteiger partial charge in [0, 0.05) is 24.1 Å². The van der Waals surface area contributed by atoms with Crippen molar-refractivity contribution in [3.63, 3.8) is 0 Å². The van der Waals surface area contributed by atoms with Crippen molar-refractivity contribution in [3.05, 3.63) is 52.8 Å². The summed E-state index contributed by atoms with van der Waals surface area (Å²) in [7, 11) is 0. The molecule has 1 aromatic carbocycles. The van der Waals surface area contributed by atoms with Gasteiger partial charge in [-0.1, -0.05) is 24.6 Å². The Morgan fingerprint density at radius 2 is 1.71 bits per heavy atom. The lowest BCUT2D eigenvalue weighted by Gasteiger charge is -2.29. The van der Waals surface area contributed by atoms with Gasteiger partial charge < -0.3 is 9.64 Å². The highest BCUT2D eigenvalue weighted by molar-refractivity contribution is 5.47. The summed E-state index contributed by atoms with van der Waals surface area (Å²) in [6.07, 6.45) is 3.02. The molecule has 1 atom stereocenters. The molecule has 0 spiro atoms. The van der Waals surface area contributed by atoms with Crippen molar-refractivity contribution >= 4 is 5.69 Å². The summed E-state index contributed by atoms with van der Waals surface area (Å²) < 4.78 is 6.41. The van der Waals surface area contributed by atoms with E-state index in [-0.39, 0.29) is 6.10 Å². The van der Waals surface area contributed by atoms with Gasteiger partial charge in [-0.15, -0.1) is 0 Å². The zero-order valence-corrected chi connectivity index (χ0v) is 15.9. The van der Waals surface area contributed by atoms with Gasteiger partial charge in [-0.3, -0.25) is 4.98 Å². The first-order valence-electron chi connectivity index (χ1n) is 8.86. The smallest absolute Gasteiger partial charge is 0.125 e. The minimum atomic E-state index is 0.165. The van der Waals surface area contributed by atoms with Crippen LogP contribution in [0.3, 0.4) is 0 Å². The van der Waals surface area contributed by atoms with E-state index in [9.17, 15) is 0 Å². The number of ether oxygens (including phenoxy) is 1. The Balaban J connectivity index is 2.16. The van der Waals surface area contributed by atoms with Crippen molar-refractivity contribution in [1.29, 1.82) is 0 Å². The van der Waals surface area contributed by atoms with Crippen molar-refractivity contribution in [2.75, 3.05) is 18.0 Å². The van der Waals surface area contributed by atoms with E-state index in [0.29, 0.717) is 0 Å². The Hall–Kier alpha value is -2.03. The zero-order chi connectivity index (χ0) is 17.7. The average Bonchev–Trinajstić information content (AvgIpc) is 2.53. The molecule has 1 heterocycles. The average molecular weight is 326 g/mol. The van der Waals surface area contributed by atoms with Crippen LogP contribution in [0.15, 0.2) is 30.5 Å². The van der Waals surface area contributed by atoms with Crippen LogP contribution in [0, 0.1) is 27.7 Å². The maximum absolute atomic E-state index is 6.41. The summed E-state index contributed by atoms with van der Waals surface area (Å²) >= 11 is 0. The maximum Gasteiger partial charge on any atom is 0.125 e. The Morgan fingerprint density at radius 1 is 1.04 bits per heavy atom. The van der Waals surface area contributed by atoms with E-state index in [4.69, 9.17) is 4.74 Å². The van der Waals surface area contributed by atoms with Gasteiger partial charge in [0.15, 0.2) is 0 Å². The van der Waals surface area contributed by atoms with Gasteiger partial charge in [-0.25, -0.2) is 0 Å². The van der Waals surface area contributed by atoms with Crippen LogP contribution in [-0.2, 0) is 0 Å². The Bertz CT molecular complexity index is 658. The lowest BCUT2D eigenvalue weighted by atomic mass is 10.1. The summed E-state index contributed by atoms with van der Waals surface area (Å²) in [5.41, 5.74) is 5.98. The summed E-state index contributed by atoms with van der Waals surface area (Å²) in [5, 5.41) is 0. The Labute approximate surface area is 146 Å². The third kappa shape index (κ3) is 4.50. The molecule has 1 aromatic heterocycles. The van der Waals surface area contributed by atoms with Crippen LogP contribution < -0.4 is 9.64 Å². The molecule has 0 saturated heterocycles. The van der Waals surface area contributed by atoms with Crippen LogP contribution in [-0.4, -0.2) is 24.2 Å². The zero-order valence-electron chi connectivity index (χ0n) is 15.9. The molecule has 0 N–H and O–H groups in total. The summed E-state index contributed by atoms with van der Waals surface area (Å²) in [6.45, 7) is 14.6. The molecular formula is C21H30N2O. The quantitative estimate of drug-likeness (QED) is 0.716. The number of aryl methyl sites for hydroxylation is 4. The molecule has 24 heavy (non-hydrogen) atoms. The highest BCUT2D eigenvalue weighted by atomic mass is 16.5. The highest BCUT2D eigenvalue weighted by Crippen LogP contribution is 2.27. The number of anilines is 1.